The van der Waals surface area contributed by atoms with Crippen molar-refractivity contribution in [1.29, 1.82) is 0 Å². The van der Waals surface area contributed by atoms with E-state index < -0.39 is 0 Å². The fraction of sp³-hybridized carbons (Fsp3) is 0.375. The van der Waals surface area contributed by atoms with E-state index in [2.05, 4.69) is 9.88 Å². The molecule has 0 aliphatic carbocycles. The average molecular weight is 285 g/mol. The number of ether oxygens (including phenoxy) is 1. The van der Waals surface area contributed by atoms with Gasteiger partial charge in [0.25, 0.3) is 0 Å². The van der Waals surface area contributed by atoms with Gasteiger partial charge < -0.3 is 15.4 Å². The molecule has 1 atom stereocenters. The molecule has 1 unspecified atom stereocenters. The van der Waals surface area contributed by atoms with Crippen LogP contribution in [0.5, 0.6) is 5.75 Å². The molecule has 1 aliphatic rings. The lowest BCUT2D eigenvalue weighted by Gasteiger charge is -2.32. The maximum Gasteiger partial charge on any atom is 0.222 e. The third kappa shape index (κ3) is 2.77. The molecule has 1 fully saturated rings. The zero-order valence-electron chi connectivity index (χ0n) is 12.1. The first-order valence-electron chi connectivity index (χ1n) is 7.16. The number of anilines is 1. The molecule has 1 aromatic heterocycles. The summed E-state index contributed by atoms with van der Waals surface area (Å²) in [6.45, 7) is 1.57. The van der Waals surface area contributed by atoms with Crippen LogP contribution in [0.3, 0.4) is 0 Å². The van der Waals surface area contributed by atoms with Crippen LogP contribution in [0.1, 0.15) is 12.8 Å². The van der Waals surface area contributed by atoms with Crippen LogP contribution in [0.25, 0.3) is 10.9 Å². The molecule has 110 valence electrons. The van der Waals surface area contributed by atoms with E-state index in [1.807, 2.05) is 30.3 Å². The number of hydrogen-bond acceptors (Lipinski definition) is 4. The topological polar surface area (TPSA) is 68.4 Å². The predicted molar refractivity (Wildman–Crippen MR) is 82.4 cm³/mol. The SMILES string of the molecule is COc1ccc2nc(N3CCCC(C(N)=O)C3)ccc2c1. The number of methoxy groups -OCH3 is 1. The van der Waals surface area contributed by atoms with Crippen LogP contribution in [-0.4, -0.2) is 31.1 Å². The number of amides is 1. The molecule has 0 radical (unpaired) electrons. The highest BCUT2D eigenvalue weighted by molar-refractivity contribution is 5.82. The van der Waals surface area contributed by atoms with Gasteiger partial charge in [0.1, 0.15) is 11.6 Å². The van der Waals surface area contributed by atoms with Crippen LogP contribution in [0.4, 0.5) is 5.82 Å². The highest BCUT2D eigenvalue weighted by Crippen LogP contribution is 2.25. The van der Waals surface area contributed by atoms with Crippen molar-refractivity contribution in [2.75, 3.05) is 25.1 Å². The lowest BCUT2D eigenvalue weighted by Crippen LogP contribution is -2.41. The molecular formula is C16H19N3O2. The molecule has 1 aromatic carbocycles. The number of aromatic nitrogens is 1. The number of hydrogen-bond donors (Lipinski definition) is 1. The first kappa shape index (κ1) is 13.7. The summed E-state index contributed by atoms with van der Waals surface area (Å²) in [7, 11) is 1.65. The van der Waals surface area contributed by atoms with Crippen molar-refractivity contribution < 1.29 is 9.53 Å². The van der Waals surface area contributed by atoms with Crippen LogP contribution in [-0.2, 0) is 4.79 Å². The minimum Gasteiger partial charge on any atom is -0.497 e. The minimum atomic E-state index is -0.217. The van der Waals surface area contributed by atoms with Crippen molar-refractivity contribution >= 4 is 22.6 Å². The quantitative estimate of drug-likeness (QED) is 0.936. The van der Waals surface area contributed by atoms with Crippen LogP contribution >= 0.6 is 0 Å². The van der Waals surface area contributed by atoms with Gasteiger partial charge in [-0.05, 0) is 43.2 Å². The molecule has 21 heavy (non-hydrogen) atoms. The van der Waals surface area contributed by atoms with Gasteiger partial charge in [0, 0.05) is 18.5 Å². The summed E-state index contributed by atoms with van der Waals surface area (Å²) in [5.74, 6) is 1.43. The molecular weight excluding hydrogens is 266 g/mol. The monoisotopic (exact) mass is 285 g/mol. The van der Waals surface area contributed by atoms with Gasteiger partial charge in [-0.15, -0.1) is 0 Å². The molecule has 1 saturated heterocycles. The van der Waals surface area contributed by atoms with Crippen molar-refractivity contribution in [2.24, 2.45) is 11.7 Å². The summed E-state index contributed by atoms with van der Waals surface area (Å²) in [6, 6.07) is 9.85. The maximum absolute atomic E-state index is 11.4. The second-order valence-corrected chi connectivity index (χ2v) is 5.42. The van der Waals surface area contributed by atoms with E-state index in [0.29, 0.717) is 6.54 Å². The maximum atomic E-state index is 11.4. The Morgan fingerprint density at radius 3 is 3.00 bits per heavy atom. The number of rotatable bonds is 3. The second-order valence-electron chi connectivity index (χ2n) is 5.42. The number of carbonyl (C=O) groups is 1. The van der Waals surface area contributed by atoms with Gasteiger partial charge in [0.15, 0.2) is 0 Å². The van der Waals surface area contributed by atoms with Gasteiger partial charge in [-0.25, -0.2) is 4.98 Å². The highest BCUT2D eigenvalue weighted by atomic mass is 16.5. The molecule has 1 amide bonds. The lowest BCUT2D eigenvalue weighted by atomic mass is 9.97. The first-order valence-corrected chi connectivity index (χ1v) is 7.16. The number of fused-ring (bicyclic) bond motifs is 1. The third-order valence-electron chi connectivity index (χ3n) is 4.03. The predicted octanol–water partition coefficient (Wildman–Crippen LogP) is 1.95. The highest BCUT2D eigenvalue weighted by Gasteiger charge is 2.24. The number of pyridine rings is 1. The summed E-state index contributed by atoms with van der Waals surface area (Å²) in [5, 5.41) is 1.04. The summed E-state index contributed by atoms with van der Waals surface area (Å²) in [5.41, 5.74) is 6.36. The third-order valence-corrected chi connectivity index (χ3v) is 4.03. The summed E-state index contributed by atoms with van der Waals surface area (Å²) < 4.78 is 5.22. The van der Waals surface area contributed by atoms with Gasteiger partial charge in [-0.2, -0.15) is 0 Å². The molecule has 5 heteroatoms. The van der Waals surface area contributed by atoms with Gasteiger partial charge in [0.2, 0.25) is 5.91 Å². The number of benzene rings is 1. The lowest BCUT2D eigenvalue weighted by molar-refractivity contribution is -0.122. The van der Waals surface area contributed by atoms with E-state index in [9.17, 15) is 4.79 Å². The first-order chi connectivity index (χ1) is 10.2. The second kappa shape index (κ2) is 5.60. The number of primary amides is 1. The van der Waals surface area contributed by atoms with Crippen molar-refractivity contribution in [2.45, 2.75) is 12.8 Å². The van der Waals surface area contributed by atoms with Crippen LogP contribution in [0.2, 0.25) is 0 Å². The van der Waals surface area contributed by atoms with Crippen molar-refractivity contribution in [3.05, 3.63) is 30.3 Å². The Morgan fingerprint density at radius 2 is 2.24 bits per heavy atom. The molecule has 2 aromatic rings. The smallest absolute Gasteiger partial charge is 0.222 e. The van der Waals surface area contributed by atoms with Gasteiger partial charge >= 0.3 is 0 Å². The molecule has 3 rings (SSSR count). The van der Waals surface area contributed by atoms with E-state index >= 15 is 0 Å². The Kier molecular flexibility index (Phi) is 3.64. The Balaban J connectivity index is 1.88. The van der Waals surface area contributed by atoms with Gasteiger partial charge in [-0.1, -0.05) is 0 Å². The molecule has 2 heterocycles. The van der Waals surface area contributed by atoms with Crippen LogP contribution in [0, 0.1) is 5.92 Å². The fourth-order valence-electron chi connectivity index (χ4n) is 2.81. The fourth-order valence-corrected chi connectivity index (χ4v) is 2.81. The van der Waals surface area contributed by atoms with Crippen molar-refractivity contribution in [3.8, 4) is 5.75 Å². The van der Waals surface area contributed by atoms with Gasteiger partial charge in [-0.3, -0.25) is 4.79 Å². The number of nitrogens with zero attached hydrogens (tertiary/aromatic N) is 2. The molecule has 5 nitrogen and oxygen atoms in total. The zero-order chi connectivity index (χ0) is 14.8. The molecule has 0 bridgehead atoms. The molecule has 0 saturated carbocycles. The Hall–Kier alpha value is -2.30. The molecule has 1 aliphatic heterocycles. The average Bonchev–Trinajstić information content (AvgIpc) is 2.54. The minimum absolute atomic E-state index is 0.0767. The summed E-state index contributed by atoms with van der Waals surface area (Å²) in [4.78, 5) is 18.2. The largest absolute Gasteiger partial charge is 0.497 e. The van der Waals surface area contributed by atoms with E-state index in [1.165, 1.54) is 0 Å². The number of piperidine rings is 1. The van der Waals surface area contributed by atoms with E-state index in [0.717, 1.165) is 41.9 Å². The Morgan fingerprint density at radius 1 is 1.38 bits per heavy atom. The molecule has 0 spiro atoms. The number of carbonyl (C=O) groups excluding carboxylic acids is 1. The molecule has 2 N–H and O–H groups in total. The van der Waals surface area contributed by atoms with Gasteiger partial charge in [0.05, 0.1) is 18.5 Å². The Labute approximate surface area is 123 Å². The number of nitrogens with two attached hydrogens (primary N) is 1. The van der Waals surface area contributed by atoms with Crippen LogP contribution in [0.15, 0.2) is 30.3 Å². The summed E-state index contributed by atoms with van der Waals surface area (Å²) >= 11 is 0. The van der Waals surface area contributed by atoms with Crippen molar-refractivity contribution in [3.63, 3.8) is 0 Å². The zero-order valence-corrected chi connectivity index (χ0v) is 12.1. The van der Waals surface area contributed by atoms with Crippen LogP contribution < -0.4 is 15.4 Å². The summed E-state index contributed by atoms with van der Waals surface area (Å²) in [6.07, 6.45) is 1.84. The van der Waals surface area contributed by atoms with E-state index in [-0.39, 0.29) is 11.8 Å². The standard InChI is InChI=1S/C16H19N3O2/c1-21-13-5-6-14-11(9-13)4-7-15(18-14)19-8-2-3-12(10-19)16(17)20/h4-7,9,12H,2-3,8,10H2,1H3,(H2,17,20). The van der Waals surface area contributed by atoms with Crippen molar-refractivity contribution in [1.82, 2.24) is 4.98 Å². The van der Waals surface area contributed by atoms with E-state index in [4.69, 9.17) is 10.5 Å². The van der Waals surface area contributed by atoms with E-state index in [1.54, 1.807) is 7.11 Å². The Bertz CT molecular complexity index is 672. The normalized spacial score (nSPS) is 18.7.